The zero-order valence-electron chi connectivity index (χ0n) is 11.5. The van der Waals surface area contributed by atoms with Crippen LogP contribution in [-0.2, 0) is 12.8 Å². The standard InChI is InChI=1S/C17H20N2O/c18-17(19)13-15-8-10-16(11-9-15)20-12-4-7-14-5-2-1-3-6-14/h1-3,5-6,8-11H,4,7,12-13H2,(H3,18,19). The Morgan fingerprint density at radius 3 is 2.30 bits per heavy atom. The highest BCUT2D eigenvalue weighted by Gasteiger charge is 1.98. The van der Waals surface area contributed by atoms with E-state index in [0.717, 1.165) is 24.2 Å². The molecule has 0 aliphatic rings. The van der Waals surface area contributed by atoms with Crippen molar-refractivity contribution in [1.82, 2.24) is 0 Å². The van der Waals surface area contributed by atoms with E-state index in [1.165, 1.54) is 5.56 Å². The van der Waals surface area contributed by atoms with Crippen LogP contribution in [-0.4, -0.2) is 12.4 Å². The third-order valence-electron chi connectivity index (χ3n) is 3.04. The van der Waals surface area contributed by atoms with Crippen LogP contribution in [0, 0.1) is 5.41 Å². The molecule has 2 aromatic carbocycles. The zero-order valence-corrected chi connectivity index (χ0v) is 11.5. The predicted octanol–water partition coefficient (Wildman–Crippen LogP) is 3.18. The lowest BCUT2D eigenvalue weighted by Crippen LogP contribution is -2.12. The largest absolute Gasteiger partial charge is 0.494 e. The van der Waals surface area contributed by atoms with Gasteiger partial charge < -0.3 is 10.5 Å². The maximum atomic E-state index is 7.25. The zero-order chi connectivity index (χ0) is 14.2. The van der Waals surface area contributed by atoms with Crippen molar-refractivity contribution >= 4 is 5.84 Å². The maximum absolute atomic E-state index is 7.25. The minimum Gasteiger partial charge on any atom is -0.494 e. The second-order valence-corrected chi connectivity index (χ2v) is 4.78. The van der Waals surface area contributed by atoms with Crippen molar-refractivity contribution in [3.63, 3.8) is 0 Å². The molecule has 0 bridgehead atoms. The van der Waals surface area contributed by atoms with Gasteiger partial charge in [0.1, 0.15) is 5.75 Å². The van der Waals surface area contributed by atoms with Gasteiger partial charge in [0.05, 0.1) is 12.4 Å². The summed E-state index contributed by atoms with van der Waals surface area (Å²) in [5, 5.41) is 7.25. The average Bonchev–Trinajstić information content (AvgIpc) is 2.46. The molecule has 0 unspecified atom stereocenters. The van der Waals surface area contributed by atoms with E-state index in [1.807, 2.05) is 30.3 Å². The van der Waals surface area contributed by atoms with Crippen molar-refractivity contribution < 1.29 is 4.74 Å². The van der Waals surface area contributed by atoms with E-state index < -0.39 is 0 Å². The molecule has 0 saturated carbocycles. The monoisotopic (exact) mass is 268 g/mol. The summed E-state index contributed by atoms with van der Waals surface area (Å²) in [6.07, 6.45) is 2.52. The van der Waals surface area contributed by atoms with Crippen molar-refractivity contribution in [2.24, 2.45) is 5.73 Å². The number of rotatable bonds is 7. The molecular formula is C17H20N2O. The number of nitrogens with one attached hydrogen (secondary N) is 1. The Kier molecular flexibility index (Phi) is 5.18. The van der Waals surface area contributed by atoms with E-state index in [2.05, 4.69) is 24.3 Å². The summed E-state index contributed by atoms with van der Waals surface area (Å²) >= 11 is 0. The van der Waals surface area contributed by atoms with Gasteiger partial charge in [-0.05, 0) is 36.1 Å². The molecule has 0 fully saturated rings. The number of aryl methyl sites for hydroxylation is 1. The van der Waals surface area contributed by atoms with Gasteiger partial charge in [-0.2, -0.15) is 0 Å². The van der Waals surface area contributed by atoms with Crippen LogP contribution in [0.2, 0.25) is 0 Å². The molecule has 0 saturated heterocycles. The lowest BCUT2D eigenvalue weighted by Gasteiger charge is -2.07. The van der Waals surface area contributed by atoms with Gasteiger partial charge >= 0.3 is 0 Å². The maximum Gasteiger partial charge on any atom is 0.119 e. The Morgan fingerprint density at radius 2 is 1.65 bits per heavy atom. The Balaban J connectivity index is 1.73. The Hall–Kier alpha value is -2.29. The van der Waals surface area contributed by atoms with E-state index in [1.54, 1.807) is 0 Å². The molecule has 3 N–H and O–H groups in total. The summed E-state index contributed by atoms with van der Waals surface area (Å²) < 4.78 is 5.70. The number of ether oxygens (including phenoxy) is 1. The first-order chi connectivity index (χ1) is 9.74. The molecule has 20 heavy (non-hydrogen) atoms. The molecule has 0 atom stereocenters. The first-order valence-corrected chi connectivity index (χ1v) is 6.82. The predicted molar refractivity (Wildman–Crippen MR) is 82.3 cm³/mol. The fourth-order valence-corrected chi connectivity index (χ4v) is 2.03. The molecular weight excluding hydrogens is 248 g/mol. The number of nitrogens with two attached hydrogens (primary N) is 1. The van der Waals surface area contributed by atoms with Gasteiger partial charge in [0.25, 0.3) is 0 Å². The lowest BCUT2D eigenvalue weighted by atomic mass is 10.1. The van der Waals surface area contributed by atoms with Crippen molar-refractivity contribution in [2.75, 3.05) is 6.61 Å². The highest BCUT2D eigenvalue weighted by molar-refractivity contribution is 5.79. The van der Waals surface area contributed by atoms with Crippen LogP contribution < -0.4 is 10.5 Å². The Bertz CT molecular complexity index is 535. The van der Waals surface area contributed by atoms with Gasteiger partial charge in [-0.15, -0.1) is 0 Å². The van der Waals surface area contributed by atoms with Crippen molar-refractivity contribution in [3.05, 3.63) is 65.7 Å². The number of hydrogen-bond acceptors (Lipinski definition) is 2. The topological polar surface area (TPSA) is 59.1 Å². The van der Waals surface area contributed by atoms with E-state index in [9.17, 15) is 0 Å². The van der Waals surface area contributed by atoms with Crippen LogP contribution in [0.4, 0.5) is 0 Å². The first-order valence-electron chi connectivity index (χ1n) is 6.82. The van der Waals surface area contributed by atoms with Crippen LogP contribution in [0.15, 0.2) is 54.6 Å². The SMILES string of the molecule is N=C(N)Cc1ccc(OCCCc2ccccc2)cc1. The second kappa shape index (κ2) is 7.34. The molecule has 3 nitrogen and oxygen atoms in total. The first kappa shape index (κ1) is 14.1. The highest BCUT2D eigenvalue weighted by Crippen LogP contribution is 2.13. The second-order valence-electron chi connectivity index (χ2n) is 4.78. The van der Waals surface area contributed by atoms with Crippen molar-refractivity contribution in [3.8, 4) is 5.75 Å². The molecule has 104 valence electrons. The normalized spacial score (nSPS) is 10.2. The summed E-state index contributed by atoms with van der Waals surface area (Å²) in [6, 6.07) is 18.2. The molecule has 0 aliphatic carbocycles. The summed E-state index contributed by atoms with van der Waals surface area (Å²) in [5.41, 5.74) is 7.74. The van der Waals surface area contributed by atoms with Gasteiger partial charge in [0, 0.05) is 6.42 Å². The molecule has 0 aromatic heterocycles. The van der Waals surface area contributed by atoms with Crippen LogP contribution in [0.5, 0.6) is 5.75 Å². The number of benzene rings is 2. The minimum atomic E-state index is 0.182. The third kappa shape index (κ3) is 4.76. The molecule has 3 heteroatoms. The average molecular weight is 268 g/mol. The summed E-state index contributed by atoms with van der Waals surface area (Å²) in [5.74, 6) is 1.05. The molecule has 0 spiro atoms. The van der Waals surface area contributed by atoms with E-state index in [4.69, 9.17) is 15.9 Å². The van der Waals surface area contributed by atoms with Crippen LogP contribution >= 0.6 is 0 Å². The van der Waals surface area contributed by atoms with Crippen molar-refractivity contribution in [2.45, 2.75) is 19.3 Å². The molecule has 0 amide bonds. The smallest absolute Gasteiger partial charge is 0.119 e. The number of amidine groups is 1. The summed E-state index contributed by atoms with van der Waals surface area (Å²) in [6.45, 7) is 0.709. The summed E-state index contributed by atoms with van der Waals surface area (Å²) in [4.78, 5) is 0. The number of hydrogen-bond donors (Lipinski definition) is 2. The summed E-state index contributed by atoms with van der Waals surface area (Å²) in [7, 11) is 0. The fourth-order valence-electron chi connectivity index (χ4n) is 2.03. The van der Waals surface area contributed by atoms with Crippen LogP contribution in [0.3, 0.4) is 0 Å². The quantitative estimate of drug-likeness (QED) is 0.460. The molecule has 0 aliphatic heterocycles. The van der Waals surface area contributed by atoms with Gasteiger partial charge in [0.15, 0.2) is 0 Å². The van der Waals surface area contributed by atoms with Gasteiger partial charge in [-0.3, -0.25) is 5.41 Å². The minimum absolute atomic E-state index is 0.182. The van der Waals surface area contributed by atoms with Crippen molar-refractivity contribution in [1.29, 1.82) is 5.41 Å². The van der Waals surface area contributed by atoms with E-state index in [-0.39, 0.29) is 5.84 Å². The lowest BCUT2D eigenvalue weighted by molar-refractivity contribution is 0.311. The Labute approximate surface area is 119 Å². The fraction of sp³-hybridized carbons (Fsp3) is 0.235. The third-order valence-corrected chi connectivity index (χ3v) is 3.04. The molecule has 2 aromatic rings. The molecule has 0 radical (unpaired) electrons. The highest BCUT2D eigenvalue weighted by atomic mass is 16.5. The molecule has 0 heterocycles. The van der Waals surface area contributed by atoms with Gasteiger partial charge in [-0.25, -0.2) is 0 Å². The van der Waals surface area contributed by atoms with E-state index >= 15 is 0 Å². The molecule has 2 rings (SSSR count). The Morgan fingerprint density at radius 1 is 0.950 bits per heavy atom. The van der Waals surface area contributed by atoms with Gasteiger partial charge in [0.2, 0.25) is 0 Å². The van der Waals surface area contributed by atoms with Crippen LogP contribution in [0.25, 0.3) is 0 Å². The van der Waals surface area contributed by atoms with Crippen LogP contribution in [0.1, 0.15) is 17.5 Å². The van der Waals surface area contributed by atoms with Gasteiger partial charge in [-0.1, -0.05) is 42.5 Å². The van der Waals surface area contributed by atoms with E-state index in [0.29, 0.717) is 13.0 Å².